The van der Waals surface area contributed by atoms with Gasteiger partial charge >= 0.3 is 0 Å². The Morgan fingerprint density at radius 1 is 0.900 bits per heavy atom. The Morgan fingerprint density at radius 3 is 1.60 bits per heavy atom. The van der Waals surface area contributed by atoms with Gasteiger partial charge in [0.2, 0.25) is 0 Å². The van der Waals surface area contributed by atoms with Crippen molar-refractivity contribution in [2.75, 3.05) is 6.67 Å². The molecule has 0 aliphatic carbocycles. The van der Waals surface area contributed by atoms with Crippen LogP contribution in [0.4, 0.5) is 4.39 Å². The lowest BCUT2D eigenvalue weighted by Gasteiger charge is -2.25. The third-order valence-corrected chi connectivity index (χ3v) is 2.42. The van der Waals surface area contributed by atoms with E-state index in [9.17, 15) is 4.39 Å². The van der Waals surface area contributed by atoms with Gasteiger partial charge in [-0.25, -0.2) is 0 Å². The second kappa shape index (κ2) is 6.02. The minimum absolute atomic E-state index is 0.304. The van der Waals surface area contributed by atoms with Crippen molar-refractivity contribution in [1.29, 1.82) is 0 Å². The lowest BCUT2D eigenvalue weighted by atomic mass is 10.0. The van der Waals surface area contributed by atoms with Crippen molar-refractivity contribution in [3.05, 3.63) is 29.7 Å². The molecule has 1 rings (SSSR count). The molecule has 0 aliphatic heterocycles. The van der Waals surface area contributed by atoms with E-state index in [1.807, 2.05) is 59.7 Å². The van der Waals surface area contributed by atoms with Gasteiger partial charge in [0.1, 0.15) is 22.7 Å². The predicted octanol–water partition coefficient (Wildman–Crippen LogP) is 4.95. The van der Waals surface area contributed by atoms with Crippen LogP contribution in [0.15, 0.2) is 18.2 Å². The van der Waals surface area contributed by atoms with Crippen LogP contribution in [0.25, 0.3) is 0 Å². The molecule has 0 saturated carbocycles. The van der Waals surface area contributed by atoms with Crippen LogP contribution in [0.1, 0.15) is 54.0 Å². The topological polar surface area (TPSA) is 18.5 Å². The molecule has 0 N–H and O–H groups in total. The second-order valence-electron chi connectivity index (χ2n) is 7.04. The number of hydrogen-bond donors (Lipinski definition) is 0. The van der Waals surface area contributed by atoms with Gasteiger partial charge in [-0.15, -0.1) is 0 Å². The van der Waals surface area contributed by atoms with Gasteiger partial charge in [0.25, 0.3) is 0 Å². The van der Waals surface area contributed by atoms with E-state index in [2.05, 4.69) is 0 Å². The second-order valence-corrected chi connectivity index (χ2v) is 7.04. The monoisotopic (exact) mass is 281 g/mol. The van der Waals surface area contributed by atoms with Gasteiger partial charge in [-0.2, -0.15) is 0 Å². The Labute approximate surface area is 122 Å². The van der Waals surface area contributed by atoms with Crippen molar-refractivity contribution < 1.29 is 13.9 Å². The molecule has 113 valence electrons. The van der Waals surface area contributed by atoms with Crippen molar-refractivity contribution >= 4 is 0 Å². The first kappa shape index (κ1) is 16.8. The van der Waals surface area contributed by atoms with Crippen LogP contribution in [0.2, 0.25) is 0 Å². The minimum atomic E-state index is -0.478. The lowest BCUT2D eigenvalue weighted by molar-refractivity contribution is 0.121. The van der Waals surface area contributed by atoms with Crippen LogP contribution in [0.5, 0.6) is 11.5 Å². The van der Waals surface area contributed by atoms with Gasteiger partial charge in [0.05, 0.1) is 6.67 Å². The molecule has 0 heterocycles. The maximum atomic E-state index is 12.9. The fourth-order valence-electron chi connectivity index (χ4n) is 1.72. The van der Waals surface area contributed by atoms with Gasteiger partial charge in [-0.3, -0.25) is 4.39 Å². The number of halogens is 1. The fourth-order valence-corrected chi connectivity index (χ4v) is 1.72. The van der Waals surface area contributed by atoms with E-state index in [1.165, 1.54) is 0 Å². The summed E-state index contributed by atoms with van der Waals surface area (Å²) in [5.74, 6) is 2.06. The number of hydrogen-bond acceptors (Lipinski definition) is 2. The summed E-state index contributed by atoms with van der Waals surface area (Å²) in [6.45, 7) is 13.2. The molecule has 0 unspecified atom stereocenters. The molecule has 0 bridgehead atoms. The molecule has 0 aliphatic rings. The third kappa shape index (κ3) is 5.81. The van der Waals surface area contributed by atoms with E-state index in [1.54, 1.807) is 6.92 Å². The molecule has 0 fully saturated rings. The Kier molecular flexibility index (Phi) is 5.06. The maximum absolute atomic E-state index is 12.9. The smallest absolute Gasteiger partial charge is 0.124 e. The summed E-state index contributed by atoms with van der Waals surface area (Å²) in [6.07, 6.45) is 0. The molecule has 1 aromatic rings. The van der Waals surface area contributed by atoms with E-state index >= 15 is 0 Å². The summed E-state index contributed by atoms with van der Waals surface area (Å²) >= 11 is 0. The highest BCUT2D eigenvalue weighted by Crippen LogP contribution is 2.31. The molecule has 0 atom stereocenters. The highest BCUT2D eigenvalue weighted by atomic mass is 19.1. The van der Waals surface area contributed by atoms with E-state index in [0.717, 1.165) is 5.56 Å². The van der Waals surface area contributed by atoms with Gasteiger partial charge in [0.15, 0.2) is 0 Å². The number of ether oxygens (including phenoxy) is 2. The van der Waals surface area contributed by atoms with Crippen LogP contribution in [-0.4, -0.2) is 17.9 Å². The van der Waals surface area contributed by atoms with Gasteiger partial charge in [-0.05, 0) is 59.2 Å². The number of alkyl halides is 1. The summed E-state index contributed by atoms with van der Waals surface area (Å²) in [5, 5.41) is 0. The van der Waals surface area contributed by atoms with Crippen molar-refractivity contribution in [3.63, 3.8) is 0 Å². The van der Waals surface area contributed by atoms with Gasteiger partial charge < -0.3 is 9.47 Å². The zero-order valence-electron chi connectivity index (χ0n) is 13.6. The largest absolute Gasteiger partial charge is 0.488 e. The minimum Gasteiger partial charge on any atom is -0.488 e. The maximum Gasteiger partial charge on any atom is 0.124 e. The van der Waals surface area contributed by atoms with Crippen LogP contribution in [-0.2, 0) is 0 Å². The highest BCUT2D eigenvalue weighted by Gasteiger charge is 2.18. The molecule has 20 heavy (non-hydrogen) atoms. The molecule has 0 aromatic heterocycles. The van der Waals surface area contributed by atoms with Gasteiger partial charge in [0, 0.05) is 12.0 Å². The first-order valence-corrected chi connectivity index (χ1v) is 6.92. The Bertz CT molecular complexity index is 407. The molecule has 0 spiro atoms. The van der Waals surface area contributed by atoms with E-state index in [0.29, 0.717) is 17.4 Å². The van der Waals surface area contributed by atoms with Crippen molar-refractivity contribution in [3.8, 4) is 11.5 Å². The summed E-state index contributed by atoms with van der Waals surface area (Å²) in [4.78, 5) is 0. The normalized spacial score (nSPS) is 12.7. The first-order valence-electron chi connectivity index (χ1n) is 6.92. The van der Waals surface area contributed by atoms with Gasteiger partial charge in [-0.1, -0.05) is 6.92 Å². The molecule has 1 aromatic carbocycles. The summed E-state index contributed by atoms with van der Waals surface area (Å²) < 4.78 is 24.6. The summed E-state index contributed by atoms with van der Waals surface area (Å²) in [5.41, 5.74) is 0.205. The standard InChI is InChI=1S/C17H26FO2/c1-12(11-18)13-8-14(19-16(2,3)4)10-15(9-13)20-17(5,6)7/h8-10H,11H2,1-7H3. The fraction of sp³-hybridized carbons (Fsp3) is 0.588. The SMILES string of the molecule is C[C](CF)c1cc(OC(C)(C)C)cc(OC(C)(C)C)c1. The van der Waals surface area contributed by atoms with Crippen LogP contribution in [0.3, 0.4) is 0 Å². The molecular weight excluding hydrogens is 255 g/mol. The highest BCUT2D eigenvalue weighted by molar-refractivity contribution is 5.44. The molecule has 1 radical (unpaired) electrons. The Morgan fingerprint density at radius 2 is 1.30 bits per heavy atom. The average Bonchev–Trinajstić information content (AvgIpc) is 2.22. The molecule has 3 heteroatoms. The van der Waals surface area contributed by atoms with E-state index in [-0.39, 0.29) is 11.2 Å². The van der Waals surface area contributed by atoms with Crippen molar-refractivity contribution in [1.82, 2.24) is 0 Å². The Hall–Kier alpha value is -1.25. The number of benzene rings is 1. The molecule has 0 saturated heterocycles. The van der Waals surface area contributed by atoms with Crippen molar-refractivity contribution in [2.24, 2.45) is 0 Å². The summed E-state index contributed by atoms with van der Waals surface area (Å²) in [7, 11) is 0. The lowest BCUT2D eigenvalue weighted by Crippen LogP contribution is -2.24. The zero-order chi connectivity index (χ0) is 15.6. The zero-order valence-corrected chi connectivity index (χ0v) is 13.6. The van der Waals surface area contributed by atoms with Crippen LogP contribution < -0.4 is 9.47 Å². The van der Waals surface area contributed by atoms with Crippen molar-refractivity contribution in [2.45, 2.75) is 59.7 Å². The van der Waals surface area contributed by atoms with E-state index in [4.69, 9.17) is 9.47 Å². The third-order valence-electron chi connectivity index (χ3n) is 2.42. The molecule has 0 amide bonds. The Balaban J connectivity index is 3.14. The van der Waals surface area contributed by atoms with E-state index < -0.39 is 6.67 Å². The average molecular weight is 281 g/mol. The first-order chi connectivity index (χ1) is 9.00. The molecule has 2 nitrogen and oxygen atoms in total. The quantitative estimate of drug-likeness (QED) is 0.777. The number of rotatable bonds is 4. The summed E-state index contributed by atoms with van der Waals surface area (Å²) in [6, 6.07) is 5.57. The molecular formula is C17H26FO2. The predicted molar refractivity (Wildman–Crippen MR) is 81.2 cm³/mol. The van der Waals surface area contributed by atoms with Crippen LogP contribution in [0, 0.1) is 5.92 Å². The van der Waals surface area contributed by atoms with Crippen LogP contribution >= 0.6 is 0 Å².